The molecule has 0 aromatic heterocycles. The Balaban J connectivity index is 2.61. The van der Waals surface area contributed by atoms with Gasteiger partial charge in [-0.05, 0) is 30.0 Å². The minimum absolute atomic E-state index is 0.647. The van der Waals surface area contributed by atoms with Gasteiger partial charge in [-0.15, -0.1) is 0 Å². The average molecular weight is 200 g/mol. The van der Waals surface area contributed by atoms with Crippen molar-refractivity contribution < 1.29 is 4.74 Å². The molecule has 0 bridgehead atoms. The molecular weight excluding hydrogens is 188 g/mol. The van der Waals surface area contributed by atoms with E-state index in [-0.39, 0.29) is 0 Å². The zero-order chi connectivity index (χ0) is 10.8. The molecule has 2 rings (SSSR count). The summed E-state index contributed by atoms with van der Waals surface area (Å²) in [5, 5.41) is 8.67. The fourth-order valence-electron chi connectivity index (χ4n) is 2.03. The molecule has 0 saturated carbocycles. The van der Waals surface area contributed by atoms with Crippen LogP contribution < -0.4 is 10.5 Å². The molecule has 3 heteroatoms. The molecule has 1 aliphatic carbocycles. The Bertz CT molecular complexity index is 469. The number of rotatable bonds is 1. The molecule has 15 heavy (non-hydrogen) atoms. The summed E-state index contributed by atoms with van der Waals surface area (Å²) in [6, 6.07) is 5.95. The van der Waals surface area contributed by atoms with Crippen LogP contribution in [0.25, 0.3) is 5.57 Å². The smallest absolute Gasteiger partial charge is 0.142 e. The lowest BCUT2D eigenvalue weighted by Gasteiger charge is -2.09. The largest absolute Gasteiger partial charge is 0.495 e. The highest BCUT2D eigenvalue weighted by atomic mass is 16.5. The molecule has 1 aromatic carbocycles. The number of aryl methyl sites for hydroxylation is 1. The maximum Gasteiger partial charge on any atom is 0.142 e. The van der Waals surface area contributed by atoms with Gasteiger partial charge in [-0.3, -0.25) is 0 Å². The van der Waals surface area contributed by atoms with Crippen molar-refractivity contribution in [2.75, 3.05) is 12.8 Å². The second-order valence-electron chi connectivity index (χ2n) is 3.51. The van der Waals surface area contributed by atoms with Gasteiger partial charge in [0.15, 0.2) is 0 Å². The van der Waals surface area contributed by atoms with Crippen molar-refractivity contribution in [3.63, 3.8) is 0 Å². The number of nitrogens with two attached hydrogens (primary N) is 1. The number of hydrogen-bond acceptors (Lipinski definition) is 3. The molecule has 0 heterocycles. The zero-order valence-electron chi connectivity index (χ0n) is 8.58. The molecule has 1 aromatic rings. The minimum atomic E-state index is 0.647. The van der Waals surface area contributed by atoms with E-state index in [1.54, 1.807) is 13.2 Å². The van der Waals surface area contributed by atoms with Gasteiger partial charge in [0, 0.05) is 11.6 Å². The van der Waals surface area contributed by atoms with Crippen molar-refractivity contribution in [2.45, 2.75) is 12.8 Å². The van der Waals surface area contributed by atoms with Crippen molar-refractivity contribution in [1.29, 1.82) is 5.26 Å². The third kappa shape index (κ3) is 1.44. The van der Waals surface area contributed by atoms with E-state index in [1.807, 2.05) is 12.1 Å². The van der Waals surface area contributed by atoms with Crippen molar-refractivity contribution >= 4 is 11.3 Å². The zero-order valence-corrected chi connectivity index (χ0v) is 8.58. The number of anilines is 1. The molecule has 1 aliphatic rings. The normalized spacial score (nSPS) is 16.1. The Morgan fingerprint density at radius 1 is 1.47 bits per heavy atom. The van der Waals surface area contributed by atoms with Crippen molar-refractivity contribution in [3.05, 3.63) is 29.3 Å². The third-order valence-electron chi connectivity index (χ3n) is 2.74. The molecule has 3 nitrogen and oxygen atoms in total. The third-order valence-corrected chi connectivity index (χ3v) is 2.74. The van der Waals surface area contributed by atoms with Crippen LogP contribution in [0.4, 0.5) is 5.69 Å². The second-order valence-corrected chi connectivity index (χ2v) is 3.51. The summed E-state index contributed by atoms with van der Waals surface area (Å²) in [4.78, 5) is 0. The van der Waals surface area contributed by atoms with Gasteiger partial charge >= 0.3 is 0 Å². The number of allylic oxidation sites excluding steroid dienone is 2. The first-order valence-corrected chi connectivity index (χ1v) is 4.82. The summed E-state index contributed by atoms with van der Waals surface area (Å²) in [6.07, 6.45) is 3.42. The van der Waals surface area contributed by atoms with Crippen LogP contribution in [0.1, 0.15) is 17.5 Å². The van der Waals surface area contributed by atoms with Crippen LogP contribution in [0.2, 0.25) is 0 Å². The standard InChI is InChI=1S/C12H12N2O/c1-15-10-5-4-8-2-3-9(6-7-13)11(8)12(10)14/h4-6H,2-3,14H2,1H3. The first kappa shape index (κ1) is 9.60. The van der Waals surface area contributed by atoms with E-state index < -0.39 is 0 Å². The van der Waals surface area contributed by atoms with E-state index in [4.69, 9.17) is 15.7 Å². The molecular formula is C12H12N2O. The summed E-state index contributed by atoms with van der Waals surface area (Å²) in [5.74, 6) is 0.680. The van der Waals surface area contributed by atoms with Crippen LogP contribution in [0.3, 0.4) is 0 Å². The number of hydrogen-bond donors (Lipinski definition) is 1. The van der Waals surface area contributed by atoms with Crippen LogP contribution in [-0.2, 0) is 6.42 Å². The summed E-state index contributed by atoms with van der Waals surface area (Å²) >= 11 is 0. The molecule has 76 valence electrons. The lowest BCUT2D eigenvalue weighted by Crippen LogP contribution is -1.97. The van der Waals surface area contributed by atoms with Crippen LogP contribution in [0.5, 0.6) is 5.75 Å². The van der Waals surface area contributed by atoms with Gasteiger partial charge in [-0.1, -0.05) is 6.07 Å². The minimum Gasteiger partial charge on any atom is -0.495 e. The molecule has 2 N–H and O–H groups in total. The Labute approximate surface area is 88.8 Å². The number of nitriles is 1. The molecule has 0 spiro atoms. The van der Waals surface area contributed by atoms with E-state index in [0.29, 0.717) is 11.4 Å². The molecule has 0 unspecified atom stereocenters. The predicted octanol–water partition coefficient (Wildman–Crippen LogP) is 2.13. The number of methoxy groups -OCH3 is 1. The number of nitrogens with zero attached hydrogens (tertiary/aromatic N) is 1. The van der Waals surface area contributed by atoms with Gasteiger partial charge in [-0.2, -0.15) is 5.26 Å². The highest BCUT2D eigenvalue weighted by molar-refractivity contribution is 5.84. The summed E-state index contributed by atoms with van der Waals surface area (Å²) in [5.41, 5.74) is 9.86. The fraction of sp³-hybridized carbons (Fsp3) is 0.250. The van der Waals surface area contributed by atoms with Gasteiger partial charge in [-0.25, -0.2) is 0 Å². The van der Waals surface area contributed by atoms with E-state index in [1.165, 1.54) is 5.56 Å². The van der Waals surface area contributed by atoms with Crippen LogP contribution in [0.15, 0.2) is 18.2 Å². The summed E-state index contributed by atoms with van der Waals surface area (Å²) in [7, 11) is 1.60. The molecule has 0 atom stereocenters. The maximum absolute atomic E-state index is 8.67. The van der Waals surface area contributed by atoms with E-state index >= 15 is 0 Å². The monoisotopic (exact) mass is 200 g/mol. The maximum atomic E-state index is 8.67. The van der Waals surface area contributed by atoms with E-state index in [2.05, 4.69) is 6.07 Å². The van der Waals surface area contributed by atoms with Crippen molar-refractivity contribution in [2.24, 2.45) is 0 Å². The van der Waals surface area contributed by atoms with Crippen molar-refractivity contribution in [3.8, 4) is 11.8 Å². The Morgan fingerprint density at radius 3 is 2.93 bits per heavy atom. The van der Waals surface area contributed by atoms with E-state index in [9.17, 15) is 0 Å². The molecule has 0 saturated heterocycles. The molecule has 0 amide bonds. The predicted molar refractivity (Wildman–Crippen MR) is 59.3 cm³/mol. The fourth-order valence-corrected chi connectivity index (χ4v) is 2.03. The Morgan fingerprint density at radius 2 is 2.27 bits per heavy atom. The first-order valence-electron chi connectivity index (χ1n) is 4.82. The Kier molecular flexibility index (Phi) is 2.34. The van der Waals surface area contributed by atoms with Crippen LogP contribution in [0, 0.1) is 11.3 Å². The molecule has 0 aliphatic heterocycles. The number of fused-ring (bicyclic) bond motifs is 1. The average Bonchev–Trinajstić information content (AvgIpc) is 2.64. The second kappa shape index (κ2) is 3.66. The van der Waals surface area contributed by atoms with Crippen molar-refractivity contribution in [1.82, 2.24) is 0 Å². The molecule has 0 fully saturated rings. The van der Waals surface area contributed by atoms with Gasteiger partial charge in [0.05, 0.1) is 18.9 Å². The highest BCUT2D eigenvalue weighted by Crippen LogP contribution is 2.40. The first-order chi connectivity index (χ1) is 7.27. The van der Waals surface area contributed by atoms with Gasteiger partial charge in [0.1, 0.15) is 5.75 Å². The van der Waals surface area contributed by atoms with Crippen LogP contribution >= 0.6 is 0 Å². The lowest BCUT2D eigenvalue weighted by molar-refractivity contribution is 0.417. The van der Waals surface area contributed by atoms with Gasteiger partial charge < -0.3 is 10.5 Å². The number of ether oxygens (including phenoxy) is 1. The van der Waals surface area contributed by atoms with Crippen LogP contribution in [-0.4, -0.2) is 7.11 Å². The van der Waals surface area contributed by atoms with Gasteiger partial charge in [0.2, 0.25) is 0 Å². The summed E-state index contributed by atoms with van der Waals surface area (Å²) < 4.78 is 5.16. The van der Waals surface area contributed by atoms with Gasteiger partial charge in [0.25, 0.3) is 0 Å². The Hall–Kier alpha value is -1.95. The highest BCUT2D eigenvalue weighted by Gasteiger charge is 2.20. The summed E-state index contributed by atoms with van der Waals surface area (Å²) in [6.45, 7) is 0. The quantitative estimate of drug-likeness (QED) is 0.558. The SMILES string of the molecule is COc1ccc2c(c1N)C(=CC#N)CC2. The topological polar surface area (TPSA) is 59.0 Å². The number of benzene rings is 1. The number of nitrogen functional groups attached to an aromatic ring is 1. The molecule has 0 radical (unpaired) electrons. The lowest BCUT2D eigenvalue weighted by atomic mass is 10.0. The van der Waals surface area contributed by atoms with E-state index in [0.717, 1.165) is 24.0 Å².